The van der Waals surface area contributed by atoms with Gasteiger partial charge in [0.25, 0.3) is 0 Å². The SMILES string of the molecule is CN(Cc1cccs1)Cc1c(C(=O)O)sc2ccccc12. The summed E-state index contributed by atoms with van der Waals surface area (Å²) >= 11 is 3.08. The number of thiophene rings is 2. The second-order valence-corrected chi connectivity index (χ2v) is 7.05. The second-order valence-electron chi connectivity index (χ2n) is 4.96. The number of carbonyl (C=O) groups is 1. The fourth-order valence-electron chi connectivity index (χ4n) is 2.42. The van der Waals surface area contributed by atoms with Crippen molar-refractivity contribution in [3.05, 3.63) is 57.1 Å². The zero-order chi connectivity index (χ0) is 14.8. The molecule has 3 aromatic rings. The summed E-state index contributed by atoms with van der Waals surface area (Å²) in [5.74, 6) is -0.837. The first kappa shape index (κ1) is 14.3. The molecule has 0 radical (unpaired) electrons. The summed E-state index contributed by atoms with van der Waals surface area (Å²) < 4.78 is 1.04. The molecule has 1 aromatic carbocycles. The van der Waals surface area contributed by atoms with Crippen molar-refractivity contribution < 1.29 is 9.90 Å². The highest BCUT2D eigenvalue weighted by molar-refractivity contribution is 7.21. The molecule has 5 heteroatoms. The van der Waals surface area contributed by atoms with E-state index in [0.29, 0.717) is 11.4 Å². The summed E-state index contributed by atoms with van der Waals surface area (Å²) in [4.78, 5) is 15.4. The first-order valence-electron chi connectivity index (χ1n) is 6.60. The summed E-state index contributed by atoms with van der Waals surface area (Å²) in [5.41, 5.74) is 0.919. The smallest absolute Gasteiger partial charge is 0.346 e. The molecule has 0 aliphatic rings. The van der Waals surface area contributed by atoms with Crippen molar-refractivity contribution in [1.29, 1.82) is 0 Å². The molecule has 0 spiro atoms. The van der Waals surface area contributed by atoms with Crippen LogP contribution in [0.25, 0.3) is 10.1 Å². The third kappa shape index (κ3) is 3.00. The van der Waals surface area contributed by atoms with Gasteiger partial charge < -0.3 is 5.11 Å². The summed E-state index contributed by atoms with van der Waals surface area (Å²) in [5, 5.41) is 12.5. The van der Waals surface area contributed by atoms with E-state index in [2.05, 4.69) is 16.3 Å². The average molecular weight is 317 g/mol. The fourth-order valence-corrected chi connectivity index (χ4v) is 4.26. The van der Waals surface area contributed by atoms with Gasteiger partial charge in [-0.1, -0.05) is 24.3 Å². The number of nitrogens with zero attached hydrogens (tertiary/aromatic N) is 1. The van der Waals surface area contributed by atoms with Gasteiger partial charge in [0.15, 0.2) is 0 Å². The van der Waals surface area contributed by atoms with Crippen molar-refractivity contribution in [2.75, 3.05) is 7.05 Å². The van der Waals surface area contributed by atoms with Crippen LogP contribution in [0, 0.1) is 0 Å². The molecule has 0 bridgehead atoms. The molecule has 2 heterocycles. The lowest BCUT2D eigenvalue weighted by molar-refractivity contribution is 0.0700. The van der Waals surface area contributed by atoms with E-state index in [1.54, 1.807) is 11.3 Å². The molecule has 0 saturated carbocycles. The van der Waals surface area contributed by atoms with Crippen molar-refractivity contribution in [3.63, 3.8) is 0 Å². The molecule has 0 saturated heterocycles. The predicted octanol–water partition coefficient (Wildman–Crippen LogP) is 4.29. The molecular weight excluding hydrogens is 302 g/mol. The van der Waals surface area contributed by atoms with Gasteiger partial charge in [-0.05, 0) is 35.5 Å². The normalized spacial score (nSPS) is 11.3. The maximum absolute atomic E-state index is 11.5. The summed E-state index contributed by atoms with van der Waals surface area (Å²) in [6.45, 7) is 1.48. The van der Waals surface area contributed by atoms with Gasteiger partial charge in [0, 0.05) is 22.7 Å². The Bertz CT molecular complexity index is 762. The Morgan fingerprint density at radius 1 is 1.19 bits per heavy atom. The number of hydrogen-bond acceptors (Lipinski definition) is 4. The highest BCUT2D eigenvalue weighted by Crippen LogP contribution is 2.32. The third-order valence-corrected chi connectivity index (χ3v) is 5.39. The molecule has 0 unspecified atom stereocenters. The minimum atomic E-state index is -0.837. The Morgan fingerprint density at radius 2 is 2.00 bits per heavy atom. The van der Waals surface area contributed by atoms with Crippen molar-refractivity contribution in [2.45, 2.75) is 13.1 Å². The average Bonchev–Trinajstić information content (AvgIpc) is 3.07. The van der Waals surface area contributed by atoms with Crippen molar-refractivity contribution in [1.82, 2.24) is 4.90 Å². The van der Waals surface area contributed by atoms with Gasteiger partial charge in [-0.3, -0.25) is 4.90 Å². The minimum absolute atomic E-state index is 0.453. The Balaban J connectivity index is 1.91. The lowest BCUT2D eigenvalue weighted by atomic mass is 10.1. The number of fused-ring (bicyclic) bond motifs is 1. The van der Waals surface area contributed by atoms with E-state index >= 15 is 0 Å². The highest BCUT2D eigenvalue weighted by Gasteiger charge is 2.18. The number of rotatable bonds is 5. The Kier molecular flexibility index (Phi) is 4.05. The van der Waals surface area contributed by atoms with Crippen LogP contribution in [0.5, 0.6) is 0 Å². The summed E-state index contributed by atoms with van der Waals surface area (Å²) in [6.07, 6.45) is 0. The van der Waals surface area contributed by atoms with Crippen LogP contribution in [0.3, 0.4) is 0 Å². The molecule has 0 fully saturated rings. The van der Waals surface area contributed by atoms with Gasteiger partial charge in [-0.15, -0.1) is 22.7 Å². The van der Waals surface area contributed by atoms with Crippen molar-refractivity contribution in [3.8, 4) is 0 Å². The second kappa shape index (κ2) is 5.97. The van der Waals surface area contributed by atoms with Gasteiger partial charge >= 0.3 is 5.97 Å². The topological polar surface area (TPSA) is 40.5 Å². The van der Waals surface area contributed by atoms with Gasteiger partial charge in [-0.2, -0.15) is 0 Å². The minimum Gasteiger partial charge on any atom is -0.477 e. The Morgan fingerprint density at radius 3 is 2.71 bits per heavy atom. The largest absolute Gasteiger partial charge is 0.477 e. The molecular formula is C16H15NO2S2. The van der Waals surface area contributed by atoms with Gasteiger partial charge in [0.2, 0.25) is 0 Å². The molecule has 108 valence electrons. The fraction of sp³-hybridized carbons (Fsp3) is 0.188. The lowest BCUT2D eigenvalue weighted by Gasteiger charge is -2.16. The van der Waals surface area contributed by atoms with Crippen LogP contribution in [-0.4, -0.2) is 23.0 Å². The molecule has 0 atom stereocenters. The summed E-state index contributed by atoms with van der Waals surface area (Å²) in [6, 6.07) is 12.0. The summed E-state index contributed by atoms with van der Waals surface area (Å²) in [7, 11) is 2.03. The van der Waals surface area contributed by atoms with Crippen molar-refractivity contribution >= 4 is 38.7 Å². The number of aromatic carboxylic acids is 1. The molecule has 3 rings (SSSR count). The zero-order valence-corrected chi connectivity index (χ0v) is 13.2. The van der Waals surface area contributed by atoms with Crippen LogP contribution in [-0.2, 0) is 13.1 Å². The molecule has 3 nitrogen and oxygen atoms in total. The Labute approximate surface area is 131 Å². The molecule has 0 aliphatic heterocycles. The predicted molar refractivity (Wildman–Crippen MR) is 88.3 cm³/mol. The van der Waals surface area contributed by atoms with E-state index in [0.717, 1.165) is 22.2 Å². The van der Waals surface area contributed by atoms with Crippen LogP contribution in [0.1, 0.15) is 20.1 Å². The highest BCUT2D eigenvalue weighted by atomic mass is 32.1. The van der Waals surface area contributed by atoms with Gasteiger partial charge in [0.05, 0.1) is 0 Å². The van der Waals surface area contributed by atoms with Crippen molar-refractivity contribution in [2.24, 2.45) is 0 Å². The molecule has 1 N–H and O–H groups in total. The van der Waals surface area contributed by atoms with Gasteiger partial charge in [0.1, 0.15) is 4.88 Å². The van der Waals surface area contributed by atoms with Crippen LogP contribution < -0.4 is 0 Å². The maximum atomic E-state index is 11.5. The van der Waals surface area contributed by atoms with E-state index < -0.39 is 5.97 Å². The standard InChI is InChI=1S/C16H15NO2S2/c1-17(9-11-5-4-8-20-11)10-13-12-6-2-3-7-14(12)21-15(13)16(18)19/h2-8H,9-10H2,1H3,(H,18,19). The third-order valence-electron chi connectivity index (χ3n) is 3.33. The first-order valence-corrected chi connectivity index (χ1v) is 8.29. The van der Waals surface area contributed by atoms with Gasteiger partial charge in [-0.25, -0.2) is 4.79 Å². The lowest BCUT2D eigenvalue weighted by Crippen LogP contribution is -2.17. The monoisotopic (exact) mass is 317 g/mol. The quantitative estimate of drug-likeness (QED) is 0.763. The van der Waals surface area contributed by atoms with Crippen LogP contribution in [0.15, 0.2) is 41.8 Å². The van der Waals surface area contributed by atoms with E-state index in [9.17, 15) is 9.90 Å². The van der Waals surface area contributed by atoms with Crippen LogP contribution >= 0.6 is 22.7 Å². The molecule has 2 aromatic heterocycles. The zero-order valence-electron chi connectivity index (χ0n) is 11.6. The number of carboxylic acid groups (broad SMARTS) is 1. The maximum Gasteiger partial charge on any atom is 0.346 e. The number of hydrogen-bond donors (Lipinski definition) is 1. The molecule has 21 heavy (non-hydrogen) atoms. The van der Waals surface area contributed by atoms with E-state index in [-0.39, 0.29) is 0 Å². The van der Waals surface area contributed by atoms with Crippen LogP contribution in [0.2, 0.25) is 0 Å². The number of benzene rings is 1. The number of carboxylic acids is 1. The molecule has 0 aliphatic carbocycles. The van der Waals surface area contributed by atoms with E-state index in [1.165, 1.54) is 16.2 Å². The molecule has 0 amide bonds. The first-order chi connectivity index (χ1) is 10.1. The Hall–Kier alpha value is -1.69. The van der Waals surface area contributed by atoms with E-state index in [4.69, 9.17) is 0 Å². The van der Waals surface area contributed by atoms with Crippen LogP contribution in [0.4, 0.5) is 0 Å². The van der Waals surface area contributed by atoms with E-state index in [1.807, 2.05) is 37.4 Å².